The Morgan fingerprint density at radius 3 is 2.57 bits per heavy atom. The number of aliphatic hydroxyl groups is 1. The van der Waals surface area contributed by atoms with Gasteiger partial charge in [0.2, 0.25) is 0 Å². The largest absolute Gasteiger partial charge is 0.458 e. The second-order valence-electron chi connectivity index (χ2n) is 5.76. The van der Waals surface area contributed by atoms with Crippen molar-refractivity contribution >= 4 is 11.9 Å². The van der Waals surface area contributed by atoms with Gasteiger partial charge in [0, 0.05) is 11.6 Å². The molecule has 0 radical (unpaired) electrons. The lowest BCUT2D eigenvalue weighted by Gasteiger charge is -2.13. The van der Waals surface area contributed by atoms with Gasteiger partial charge >= 0.3 is 11.9 Å². The Kier molecular flexibility index (Phi) is 3.02. The monoisotopic (exact) mass is 314 g/mol. The minimum Gasteiger partial charge on any atom is -0.458 e. The summed E-state index contributed by atoms with van der Waals surface area (Å²) in [7, 11) is 0. The SMILES string of the molecule is CC1=C[C@H](O/C=C2/C(=O)O[C@@H]3c4ccccc4[C@@H](O)[C@H]23)OC1=O. The van der Waals surface area contributed by atoms with Gasteiger partial charge in [-0.1, -0.05) is 24.3 Å². The fourth-order valence-electron chi connectivity index (χ4n) is 3.22. The molecule has 118 valence electrons. The summed E-state index contributed by atoms with van der Waals surface area (Å²) in [6, 6.07) is 7.32. The molecule has 0 amide bonds. The van der Waals surface area contributed by atoms with E-state index in [1.165, 1.54) is 12.3 Å². The van der Waals surface area contributed by atoms with E-state index in [2.05, 4.69) is 0 Å². The molecule has 6 heteroatoms. The highest BCUT2D eigenvalue weighted by Gasteiger charge is 2.51. The number of ether oxygens (including phenoxy) is 3. The Hall–Kier alpha value is -2.60. The van der Waals surface area contributed by atoms with Gasteiger partial charge in [0.25, 0.3) is 6.29 Å². The second kappa shape index (κ2) is 4.96. The number of cyclic esters (lactones) is 1. The van der Waals surface area contributed by atoms with Crippen molar-refractivity contribution in [1.29, 1.82) is 0 Å². The van der Waals surface area contributed by atoms with Crippen molar-refractivity contribution in [2.75, 3.05) is 0 Å². The third-order valence-electron chi connectivity index (χ3n) is 4.38. The predicted octanol–water partition coefficient (Wildman–Crippen LogP) is 1.68. The van der Waals surface area contributed by atoms with E-state index in [1.807, 2.05) is 24.3 Å². The molecule has 1 fully saturated rings. The maximum atomic E-state index is 12.1. The molecular formula is C17H14O6. The topological polar surface area (TPSA) is 82.1 Å². The Morgan fingerprint density at radius 1 is 1.13 bits per heavy atom. The molecule has 0 bridgehead atoms. The summed E-state index contributed by atoms with van der Waals surface area (Å²) >= 11 is 0. The molecule has 6 nitrogen and oxygen atoms in total. The van der Waals surface area contributed by atoms with Gasteiger partial charge in [-0.15, -0.1) is 0 Å². The molecule has 1 aromatic carbocycles. The highest BCUT2D eigenvalue weighted by atomic mass is 16.7. The van der Waals surface area contributed by atoms with Crippen molar-refractivity contribution in [1.82, 2.24) is 0 Å². The number of fused-ring (bicyclic) bond motifs is 3. The highest BCUT2D eigenvalue weighted by molar-refractivity contribution is 5.92. The molecule has 3 aliphatic rings. The maximum absolute atomic E-state index is 12.1. The molecule has 1 aromatic rings. The first-order valence-corrected chi connectivity index (χ1v) is 7.29. The number of aliphatic hydroxyl groups excluding tert-OH is 1. The Balaban J connectivity index is 1.60. The van der Waals surface area contributed by atoms with E-state index >= 15 is 0 Å². The molecule has 0 saturated carbocycles. The summed E-state index contributed by atoms with van der Waals surface area (Å²) in [6.45, 7) is 1.62. The zero-order valence-electron chi connectivity index (χ0n) is 12.3. The summed E-state index contributed by atoms with van der Waals surface area (Å²) in [4.78, 5) is 23.4. The first kappa shape index (κ1) is 14.0. The van der Waals surface area contributed by atoms with Crippen LogP contribution in [0.15, 0.2) is 47.7 Å². The lowest BCUT2D eigenvalue weighted by molar-refractivity contribution is -0.152. The molecule has 1 saturated heterocycles. The molecule has 4 atom stereocenters. The predicted molar refractivity (Wildman–Crippen MR) is 76.5 cm³/mol. The molecule has 0 spiro atoms. The van der Waals surface area contributed by atoms with Crippen LogP contribution >= 0.6 is 0 Å². The van der Waals surface area contributed by atoms with E-state index in [4.69, 9.17) is 14.2 Å². The number of carbonyl (C=O) groups excluding carboxylic acids is 2. The maximum Gasteiger partial charge on any atom is 0.338 e. The van der Waals surface area contributed by atoms with Crippen molar-refractivity contribution in [2.24, 2.45) is 5.92 Å². The average Bonchev–Trinajstić information content (AvgIpc) is 3.12. The third kappa shape index (κ3) is 2.06. The van der Waals surface area contributed by atoms with Crippen LogP contribution in [0.4, 0.5) is 0 Å². The van der Waals surface area contributed by atoms with Crippen LogP contribution in [-0.4, -0.2) is 23.3 Å². The van der Waals surface area contributed by atoms with Gasteiger partial charge in [0.1, 0.15) is 6.10 Å². The Bertz CT molecular complexity index is 762. The minimum absolute atomic E-state index is 0.243. The number of hydrogen-bond donors (Lipinski definition) is 1. The van der Waals surface area contributed by atoms with Crippen LogP contribution in [0, 0.1) is 5.92 Å². The zero-order chi connectivity index (χ0) is 16.1. The first-order chi connectivity index (χ1) is 11.1. The summed E-state index contributed by atoms with van der Waals surface area (Å²) in [5.74, 6) is -1.49. The molecule has 4 rings (SSSR count). The normalized spacial score (nSPS) is 33.1. The fraction of sp³-hybridized carbons (Fsp3) is 0.294. The van der Waals surface area contributed by atoms with Gasteiger partial charge in [0.05, 0.1) is 23.9 Å². The van der Waals surface area contributed by atoms with Gasteiger partial charge in [-0.2, -0.15) is 0 Å². The number of rotatable bonds is 2. The van der Waals surface area contributed by atoms with Crippen LogP contribution < -0.4 is 0 Å². The van der Waals surface area contributed by atoms with Gasteiger partial charge in [-0.3, -0.25) is 0 Å². The molecule has 23 heavy (non-hydrogen) atoms. The molecule has 2 aliphatic heterocycles. The van der Waals surface area contributed by atoms with Crippen LogP contribution in [-0.2, 0) is 23.8 Å². The van der Waals surface area contributed by atoms with Gasteiger partial charge in [-0.05, 0) is 18.1 Å². The van der Waals surface area contributed by atoms with Gasteiger partial charge < -0.3 is 19.3 Å². The molecule has 0 aromatic heterocycles. The first-order valence-electron chi connectivity index (χ1n) is 7.29. The number of hydrogen-bond acceptors (Lipinski definition) is 6. The van der Waals surface area contributed by atoms with Crippen LogP contribution in [0.25, 0.3) is 0 Å². The Morgan fingerprint density at radius 2 is 1.87 bits per heavy atom. The van der Waals surface area contributed by atoms with E-state index in [9.17, 15) is 14.7 Å². The molecule has 1 N–H and O–H groups in total. The minimum atomic E-state index is -0.859. The van der Waals surface area contributed by atoms with Crippen LogP contribution in [0.5, 0.6) is 0 Å². The molecule has 1 aliphatic carbocycles. The van der Waals surface area contributed by atoms with Crippen LogP contribution in [0.1, 0.15) is 30.3 Å². The van der Waals surface area contributed by atoms with Crippen molar-refractivity contribution < 1.29 is 28.9 Å². The van der Waals surface area contributed by atoms with E-state index in [1.54, 1.807) is 6.92 Å². The number of esters is 2. The quantitative estimate of drug-likeness (QED) is 0.508. The smallest absolute Gasteiger partial charge is 0.338 e. The summed E-state index contributed by atoms with van der Waals surface area (Å²) in [5, 5.41) is 10.5. The molecular weight excluding hydrogens is 300 g/mol. The highest BCUT2D eigenvalue weighted by Crippen LogP contribution is 2.53. The zero-order valence-corrected chi connectivity index (χ0v) is 12.3. The fourth-order valence-corrected chi connectivity index (χ4v) is 3.22. The van der Waals surface area contributed by atoms with E-state index in [-0.39, 0.29) is 5.57 Å². The van der Waals surface area contributed by atoms with Crippen molar-refractivity contribution in [3.05, 3.63) is 58.9 Å². The number of benzene rings is 1. The van der Waals surface area contributed by atoms with Crippen molar-refractivity contribution in [3.8, 4) is 0 Å². The van der Waals surface area contributed by atoms with Crippen LogP contribution in [0.3, 0.4) is 0 Å². The van der Waals surface area contributed by atoms with E-state index < -0.39 is 36.4 Å². The lowest BCUT2D eigenvalue weighted by Crippen LogP contribution is -2.14. The summed E-state index contributed by atoms with van der Waals surface area (Å²) < 4.78 is 15.7. The summed E-state index contributed by atoms with van der Waals surface area (Å²) in [6.07, 6.45) is 0.558. The second-order valence-corrected chi connectivity index (χ2v) is 5.76. The van der Waals surface area contributed by atoms with E-state index in [0.717, 1.165) is 11.1 Å². The number of carbonyl (C=O) groups is 2. The average molecular weight is 314 g/mol. The van der Waals surface area contributed by atoms with Crippen molar-refractivity contribution in [2.45, 2.75) is 25.4 Å². The van der Waals surface area contributed by atoms with Crippen LogP contribution in [0.2, 0.25) is 0 Å². The van der Waals surface area contributed by atoms with Crippen molar-refractivity contribution in [3.63, 3.8) is 0 Å². The molecule has 2 heterocycles. The Labute approximate surface area is 132 Å². The van der Waals surface area contributed by atoms with Gasteiger partial charge in [-0.25, -0.2) is 9.59 Å². The van der Waals surface area contributed by atoms with E-state index in [0.29, 0.717) is 5.57 Å². The lowest BCUT2D eigenvalue weighted by atomic mass is 9.95. The standard InChI is InChI=1S/C17H14O6/c1-8-6-12(22-16(8)19)21-7-11-13-14(18)9-4-2-3-5-10(9)15(13)23-17(11)20/h2-7,12-15,18H,1H3/b11-7+/t12-,13+,14-,15-/m1/s1. The third-order valence-corrected chi connectivity index (χ3v) is 4.38. The molecule has 0 unspecified atom stereocenters. The summed E-state index contributed by atoms with van der Waals surface area (Å²) in [5.41, 5.74) is 2.26. The van der Waals surface area contributed by atoms with Gasteiger partial charge in [0.15, 0.2) is 0 Å².